The molecule has 0 fully saturated rings. The first-order valence-corrected chi connectivity index (χ1v) is 7.52. The number of benzene rings is 1. The second-order valence-electron chi connectivity index (χ2n) is 5.31. The standard InChI is InChI=1S/C16H24N4O/c1-3-4-7-19(8-9-21)11-15-5-6-16(14(2)10-15)20-13-17-12-18-20/h5-6,10,12-13,21H,3-4,7-9,11H2,1-2H3. The highest BCUT2D eigenvalue weighted by Gasteiger charge is 2.07. The van der Waals surface area contributed by atoms with E-state index in [2.05, 4.69) is 47.0 Å². The van der Waals surface area contributed by atoms with Crippen LogP contribution in [0.3, 0.4) is 0 Å². The van der Waals surface area contributed by atoms with Gasteiger partial charge in [-0.15, -0.1) is 0 Å². The maximum atomic E-state index is 9.18. The normalized spacial score (nSPS) is 11.2. The number of rotatable bonds is 8. The summed E-state index contributed by atoms with van der Waals surface area (Å²) in [5.74, 6) is 0. The van der Waals surface area contributed by atoms with Gasteiger partial charge in [0, 0.05) is 13.1 Å². The van der Waals surface area contributed by atoms with Crippen molar-refractivity contribution in [2.24, 2.45) is 0 Å². The molecule has 0 amide bonds. The van der Waals surface area contributed by atoms with E-state index in [0.717, 1.165) is 31.7 Å². The minimum Gasteiger partial charge on any atom is -0.395 e. The van der Waals surface area contributed by atoms with E-state index in [9.17, 15) is 5.11 Å². The molecule has 5 heteroatoms. The molecule has 0 bridgehead atoms. The van der Waals surface area contributed by atoms with E-state index in [4.69, 9.17) is 0 Å². The molecule has 0 unspecified atom stereocenters. The van der Waals surface area contributed by atoms with Gasteiger partial charge in [0.25, 0.3) is 0 Å². The smallest absolute Gasteiger partial charge is 0.138 e. The van der Waals surface area contributed by atoms with Crippen LogP contribution in [-0.4, -0.2) is 44.5 Å². The van der Waals surface area contributed by atoms with E-state index in [-0.39, 0.29) is 6.61 Å². The molecule has 2 aromatic rings. The molecule has 5 nitrogen and oxygen atoms in total. The lowest BCUT2D eigenvalue weighted by Crippen LogP contribution is -2.27. The Kier molecular flexibility index (Phi) is 5.90. The van der Waals surface area contributed by atoms with Crippen LogP contribution >= 0.6 is 0 Å². The Morgan fingerprint density at radius 2 is 2.14 bits per heavy atom. The molecule has 0 atom stereocenters. The summed E-state index contributed by atoms with van der Waals surface area (Å²) in [6.45, 7) is 7.11. The number of aliphatic hydroxyl groups is 1. The molecule has 0 aliphatic carbocycles. The molecule has 2 rings (SSSR count). The molecule has 0 saturated carbocycles. The molecule has 1 N–H and O–H groups in total. The average molecular weight is 288 g/mol. The Morgan fingerprint density at radius 1 is 1.29 bits per heavy atom. The van der Waals surface area contributed by atoms with Crippen LogP contribution in [0.25, 0.3) is 5.69 Å². The van der Waals surface area contributed by atoms with Gasteiger partial charge in [-0.25, -0.2) is 9.67 Å². The van der Waals surface area contributed by atoms with Crippen molar-refractivity contribution in [3.63, 3.8) is 0 Å². The third-order valence-corrected chi connectivity index (χ3v) is 3.58. The van der Waals surface area contributed by atoms with Crippen molar-refractivity contribution in [3.8, 4) is 5.69 Å². The summed E-state index contributed by atoms with van der Waals surface area (Å²) in [6, 6.07) is 6.39. The van der Waals surface area contributed by atoms with Crippen LogP contribution in [0.2, 0.25) is 0 Å². The van der Waals surface area contributed by atoms with E-state index in [1.165, 1.54) is 17.5 Å². The molecule has 1 aromatic carbocycles. The second kappa shape index (κ2) is 7.90. The zero-order chi connectivity index (χ0) is 15.1. The summed E-state index contributed by atoms with van der Waals surface area (Å²) in [4.78, 5) is 6.28. The number of aliphatic hydroxyl groups excluding tert-OH is 1. The Balaban J connectivity index is 2.08. The van der Waals surface area contributed by atoms with Crippen LogP contribution in [0.1, 0.15) is 30.9 Å². The number of nitrogens with zero attached hydrogens (tertiary/aromatic N) is 4. The summed E-state index contributed by atoms with van der Waals surface area (Å²) in [5, 5.41) is 13.3. The summed E-state index contributed by atoms with van der Waals surface area (Å²) in [7, 11) is 0. The van der Waals surface area contributed by atoms with Crippen molar-refractivity contribution in [2.45, 2.75) is 33.2 Å². The van der Waals surface area contributed by atoms with E-state index >= 15 is 0 Å². The number of unbranched alkanes of at least 4 members (excludes halogenated alkanes) is 1. The van der Waals surface area contributed by atoms with Crippen molar-refractivity contribution < 1.29 is 5.11 Å². The summed E-state index contributed by atoms with van der Waals surface area (Å²) in [6.07, 6.45) is 5.59. The van der Waals surface area contributed by atoms with Crippen molar-refractivity contribution >= 4 is 0 Å². The fourth-order valence-corrected chi connectivity index (χ4v) is 2.46. The van der Waals surface area contributed by atoms with Gasteiger partial charge in [-0.05, 0) is 37.1 Å². The Bertz CT molecular complexity index is 539. The van der Waals surface area contributed by atoms with Crippen molar-refractivity contribution in [2.75, 3.05) is 19.7 Å². The van der Waals surface area contributed by atoms with E-state index in [0.29, 0.717) is 0 Å². The predicted octanol–water partition coefficient (Wildman–Crippen LogP) is 2.17. The van der Waals surface area contributed by atoms with Crippen molar-refractivity contribution in [1.82, 2.24) is 19.7 Å². The van der Waals surface area contributed by atoms with Crippen molar-refractivity contribution in [1.29, 1.82) is 0 Å². The lowest BCUT2D eigenvalue weighted by molar-refractivity contribution is 0.188. The fourth-order valence-electron chi connectivity index (χ4n) is 2.46. The van der Waals surface area contributed by atoms with Gasteiger partial charge >= 0.3 is 0 Å². The molecule has 0 aliphatic heterocycles. The molecule has 114 valence electrons. The Labute approximate surface area is 126 Å². The zero-order valence-electron chi connectivity index (χ0n) is 12.9. The van der Waals surface area contributed by atoms with E-state index in [1.807, 2.05) is 0 Å². The maximum Gasteiger partial charge on any atom is 0.138 e. The first-order valence-electron chi connectivity index (χ1n) is 7.52. The van der Waals surface area contributed by atoms with E-state index in [1.54, 1.807) is 17.3 Å². The molecular formula is C16H24N4O. The van der Waals surface area contributed by atoms with Gasteiger partial charge in [0.2, 0.25) is 0 Å². The van der Waals surface area contributed by atoms with Crippen LogP contribution in [0, 0.1) is 6.92 Å². The number of hydrogen-bond acceptors (Lipinski definition) is 4. The highest BCUT2D eigenvalue weighted by molar-refractivity contribution is 5.41. The molecule has 21 heavy (non-hydrogen) atoms. The molecular weight excluding hydrogens is 264 g/mol. The van der Waals surface area contributed by atoms with Gasteiger partial charge in [0.15, 0.2) is 0 Å². The number of hydrogen-bond donors (Lipinski definition) is 1. The van der Waals surface area contributed by atoms with Gasteiger partial charge in [-0.2, -0.15) is 5.10 Å². The van der Waals surface area contributed by atoms with Gasteiger partial charge < -0.3 is 5.11 Å². The average Bonchev–Trinajstić information content (AvgIpc) is 2.99. The lowest BCUT2D eigenvalue weighted by atomic mass is 10.1. The maximum absolute atomic E-state index is 9.18. The van der Waals surface area contributed by atoms with Crippen LogP contribution in [0.4, 0.5) is 0 Å². The molecule has 0 saturated heterocycles. The number of aryl methyl sites for hydroxylation is 1. The molecule has 1 aromatic heterocycles. The lowest BCUT2D eigenvalue weighted by Gasteiger charge is -2.21. The van der Waals surface area contributed by atoms with Crippen LogP contribution < -0.4 is 0 Å². The molecule has 1 heterocycles. The quantitative estimate of drug-likeness (QED) is 0.809. The topological polar surface area (TPSA) is 54.2 Å². The largest absolute Gasteiger partial charge is 0.395 e. The van der Waals surface area contributed by atoms with Crippen LogP contribution in [0.15, 0.2) is 30.9 Å². The highest BCUT2D eigenvalue weighted by Crippen LogP contribution is 2.16. The monoisotopic (exact) mass is 288 g/mol. The third kappa shape index (κ3) is 4.37. The second-order valence-corrected chi connectivity index (χ2v) is 5.31. The number of aromatic nitrogens is 3. The van der Waals surface area contributed by atoms with Gasteiger partial charge in [-0.3, -0.25) is 4.90 Å². The minimum atomic E-state index is 0.208. The SMILES string of the molecule is CCCCN(CCO)Cc1ccc(-n2cncn2)c(C)c1. The fraction of sp³-hybridized carbons (Fsp3) is 0.500. The van der Waals surface area contributed by atoms with Gasteiger partial charge in [0.1, 0.15) is 12.7 Å². The van der Waals surface area contributed by atoms with Crippen LogP contribution in [-0.2, 0) is 6.54 Å². The molecule has 0 radical (unpaired) electrons. The zero-order valence-corrected chi connectivity index (χ0v) is 12.9. The molecule has 0 aliphatic rings. The predicted molar refractivity (Wildman–Crippen MR) is 83.4 cm³/mol. The van der Waals surface area contributed by atoms with Gasteiger partial charge in [-0.1, -0.05) is 25.5 Å². The molecule has 0 spiro atoms. The van der Waals surface area contributed by atoms with Crippen LogP contribution in [0.5, 0.6) is 0 Å². The van der Waals surface area contributed by atoms with Gasteiger partial charge in [0.05, 0.1) is 12.3 Å². The summed E-state index contributed by atoms with van der Waals surface area (Å²) < 4.78 is 1.78. The summed E-state index contributed by atoms with van der Waals surface area (Å²) in [5.41, 5.74) is 3.50. The summed E-state index contributed by atoms with van der Waals surface area (Å²) >= 11 is 0. The van der Waals surface area contributed by atoms with E-state index < -0.39 is 0 Å². The first-order chi connectivity index (χ1) is 10.2. The Morgan fingerprint density at radius 3 is 2.76 bits per heavy atom. The van der Waals surface area contributed by atoms with Crippen molar-refractivity contribution in [3.05, 3.63) is 42.0 Å². The highest BCUT2D eigenvalue weighted by atomic mass is 16.3. The first kappa shape index (κ1) is 15.7. The Hall–Kier alpha value is -1.72. The minimum absolute atomic E-state index is 0.208. The third-order valence-electron chi connectivity index (χ3n) is 3.58.